The Labute approximate surface area is 158 Å². The molecule has 146 valence electrons. The predicted octanol–water partition coefficient (Wildman–Crippen LogP) is 2.10. The van der Waals surface area contributed by atoms with Crippen LogP contribution >= 0.6 is 0 Å². The number of Topliss-reactive ketones (excluding diaryl/α,β-unsaturated/α-hetero) is 1. The van der Waals surface area contributed by atoms with Crippen molar-refractivity contribution < 1.29 is 14.4 Å². The number of amides is 3. The Bertz CT molecular complexity index is 772. The molecule has 1 aliphatic carbocycles. The normalized spacial score (nSPS) is 22.0. The van der Waals surface area contributed by atoms with E-state index in [1.54, 1.807) is 13.1 Å². The van der Waals surface area contributed by atoms with Gasteiger partial charge in [-0.15, -0.1) is 0 Å². The van der Waals surface area contributed by atoms with Crippen molar-refractivity contribution in [3.05, 3.63) is 23.7 Å². The molecular formula is C19H27N5O3. The molecule has 2 fully saturated rings. The summed E-state index contributed by atoms with van der Waals surface area (Å²) in [4.78, 5) is 37.9. The Balaban J connectivity index is 1.70. The minimum atomic E-state index is -0.470. The number of imide groups is 1. The van der Waals surface area contributed by atoms with Crippen molar-refractivity contribution in [1.29, 1.82) is 0 Å². The lowest BCUT2D eigenvalue weighted by Crippen LogP contribution is -2.32. The van der Waals surface area contributed by atoms with Crippen molar-refractivity contribution in [2.75, 3.05) is 4.90 Å². The van der Waals surface area contributed by atoms with E-state index < -0.39 is 12.1 Å². The van der Waals surface area contributed by atoms with Crippen LogP contribution in [0.5, 0.6) is 0 Å². The van der Waals surface area contributed by atoms with Gasteiger partial charge < -0.3 is 11.1 Å². The summed E-state index contributed by atoms with van der Waals surface area (Å²) in [6, 6.07) is -0.888. The molecule has 2 aliphatic rings. The summed E-state index contributed by atoms with van der Waals surface area (Å²) >= 11 is 0. The van der Waals surface area contributed by atoms with Gasteiger partial charge in [-0.25, -0.2) is 9.69 Å². The zero-order valence-electron chi connectivity index (χ0n) is 15.9. The minimum Gasteiger partial charge on any atom is -0.402 e. The van der Waals surface area contributed by atoms with Gasteiger partial charge in [0.15, 0.2) is 5.78 Å². The molecule has 0 bridgehead atoms. The standard InChI is InChI=1S/C19H27N5O3/c1-12(20)16(13(2)25)11-23-10-15(9-21-23)24-18(26)17(22-19(24)27)8-14-6-4-3-5-7-14/h9-10,14,17H,3-8,11,20H2,1-2H3,(H,22,27). The molecule has 1 saturated heterocycles. The highest BCUT2D eigenvalue weighted by atomic mass is 16.2. The van der Waals surface area contributed by atoms with Crippen LogP contribution in [0.25, 0.3) is 0 Å². The number of hydrogen-bond acceptors (Lipinski definition) is 5. The first kappa shape index (κ1) is 19.1. The summed E-state index contributed by atoms with van der Waals surface area (Å²) < 4.78 is 1.51. The first-order valence-electron chi connectivity index (χ1n) is 9.50. The molecule has 1 atom stereocenters. The molecule has 3 N–H and O–H groups in total. The monoisotopic (exact) mass is 373 g/mol. The number of aromatic nitrogens is 2. The second-order valence-corrected chi connectivity index (χ2v) is 7.53. The van der Waals surface area contributed by atoms with Crippen LogP contribution in [0.2, 0.25) is 0 Å². The highest BCUT2D eigenvalue weighted by Crippen LogP contribution is 2.30. The van der Waals surface area contributed by atoms with Crippen LogP contribution in [0.4, 0.5) is 10.5 Å². The Morgan fingerprint density at radius 2 is 1.96 bits per heavy atom. The molecule has 8 nitrogen and oxygen atoms in total. The maximum Gasteiger partial charge on any atom is 0.329 e. The maximum absolute atomic E-state index is 12.8. The van der Waals surface area contributed by atoms with Gasteiger partial charge in [0.25, 0.3) is 5.91 Å². The van der Waals surface area contributed by atoms with Crippen LogP contribution in [0.15, 0.2) is 23.7 Å². The average Bonchev–Trinajstić information content (AvgIpc) is 3.17. The molecule has 1 aliphatic heterocycles. The van der Waals surface area contributed by atoms with Crippen molar-refractivity contribution in [2.45, 2.75) is 65.0 Å². The van der Waals surface area contributed by atoms with Gasteiger partial charge in [-0.1, -0.05) is 32.1 Å². The van der Waals surface area contributed by atoms with Crippen molar-refractivity contribution >= 4 is 23.4 Å². The molecule has 1 unspecified atom stereocenters. The van der Waals surface area contributed by atoms with Gasteiger partial charge in [-0.3, -0.25) is 14.3 Å². The number of nitrogens with zero attached hydrogens (tertiary/aromatic N) is 3. The SMILES string of the molecule is CC(=O)C(Cn1cc(N2C(=O)NC(CC3CCCCC3)C2=O)cn1)=C(C)N. The van der Waals surface area contributed by atoms with Crippen LogP contribution in [-0.4, -0.2) is 33.5 Å². The Morgan fingerprint density at radius 1 is 1.26 bits per heavy atom. The van der Waals surface area contributed by atoms with E-state index in [0.29, 0.717) is 29.3 Å². The number of ketones is 1. The summed E-state index contributed by atoms with van der Waals surface area (Å²) in [6.45, 7) is 3.31. The molecule has 3 rings (SSSR count). The van der Waals surface area contributed by atoms with Crippen molar-refractivity contribution in [2.24, 2.45) is 11.7 Å². The van der Waals surface area contributed by atoms with Crippen molar-refractivity contribution in [3.8, 4) is 0 Å². The maximum atomic E-state index is 12.8. The molecular weight excluding hydrogens is 346 g/mol. The second kappa shape index (κ2) is 7.94. The smallest absolute Gasteiger partial charge is 0.329 e. The highest BCUT2D eigenvalue weighted by Gasteiger charge is 2.40. The summed E-state index contributed by atoms with van der Waals surface area (Å²) in [5.41, 5.74) is 7.05. The van der Waals surface area contributed by atoms with E-state index >= 15 is 0 Å². The second-order valence-electron chi connectivity index (χ2n) is 7.53. The van der Waals surface area contributed by atoms with Crippen LogP contribution < -0.4 is 16.0 Å². The van der Waals surface area contributed by atoms with Gasteiger partial charge >= 0.3 is 6.03 Å². The van der Waals surface area contributed by atoms with Gasteiger partial charge in [-0.05, 0) is 26.2 Å². The molecule has 0 aromatic carbocycles. The summed E-state index contributed by atoms with van der Waals surface area (Å²) in [5.74, 6) is 0.128. The molecule has 1 saturated carbocycles. The number of urea groups is 1. The molecule has 1 aromatic rings. The van der Waals surface area contributed by atoms with Gasteiger partial charge in [0.2, 0.25) is 0 Å². The number of nitrogens with two attached hydrogens (primary N) is 1. The van der Waals surface area contributed by atoms with E-state index in [1.807, 2.05) is 0 Å². The number of carbonyl (C=O) groups excluding carboxylic acids is 3. The number of hydrogen-bond donors (Lipinski definition) is 2. The highest BCUT2D eigenvalue weighted by molar-refractivity contribution is 6.21. The lowest BCUT2D eigenvalue weighted by Gasteiger charge is -2.23. The number of anilines is 1. The van der Waals surface area contributed by atoms with Crippen LogP contribution in [0.1, 0.15) is 52.4 Å². The Kier molecular flexibility index (Phi) is 5.62. The van der Waals surface area contributed by atoms with E-state index in [9.17, 15) is 14.4 Å². The van der Waals surface area contributed by atoms with Crippen LogP contribution in [0.3, 0.4) is 0 Å². The molecule has 8 heteroatoms. The van der Waals surface area contributed by atoms with E-state index in [1.165, 1.54) is 37.1 Å². The number of carbonyl (C=O) groups is 3. The first-order valence-corrected chi connectivity index (χ1v) is 9.50. The fraction of sp³-hybridized carbons (Fsp3) is 0.579. The molecule has 3 amide bonds. The zero-order valence-corrected chi connectivity index (χ0v) is 15.9. The number of nitrogens with one attached hydrogen (secondary N) is 1. The van der Waals surface area contributed by atoms with Gasteiger partial charge in [0.05, 0.1) is 18.4 Å². The number of rotatable bonds is 6. The molecule has 2 heterocycles. The Hall–Kier alpha value is -2.64. The molecule has 0 radical (unpaired) electrons. The number of allylic oxidation sites excluding steroid dienone is 2. The van der Waals surface area contributed by atoms with Gasteiger partial charge in [-0.2, -0.15) is 5.10 Å². The topological polar surface area (TPSA) is 110 Å². The van der Waals surface area contributed by atoms with E-state index in [4.69, 9.17) is 5.73 Å². The third kappa shape index (κ3) is 4.20. The van der Waals surface area contributed by atoms with Gasteiger partial charge in [0.1, 0.15) is 6.04 Å². The minimum absolute atomic E-state index is 0.130. The molecule has 27 heavy (non-hydrogen) atoms. The van der Waals surface area contributed by atoms with Crippen LogP contribution in [-0.2, 0) is 16.1 Å². The largest absolute Gasteiger partial charge is 0.402 e. The molecule has 0 spiro atoms. The average molecular weight is 373 g/mol. The quantitative estimate of drug-likeness (QED) is 0.586. The first-order chi connectivity index (χ1) is 12.9. The third-order valence-electron chi connectivity index (χ3n) is 5.41. The lowest BCUT2D eigenvalue weighted by molar-refractivity contribution is -0.118. The van der Waals surface area contributed by atoms with E-state index in [-0.39, 0.29) is 18.2 Å². The van der Waals surface area contributed by atoms with Gasteiger partial charge in [0, 0.05) is 17.5 Å². The predicted molar refractivity (Wildman–Crippen MR) is 101 cm³/mol. The van der Waals surface area contributed by atoms with Crippen molar-refractivity contribution in [1.82, 2.24) is 15.1 Å². The van der Waals surface area contributed by atoms with E-state index in [2.05, 4.69) is 10.4 Å². The molecule has 1 aromatic heterocycles. The summed E-state index contributed by atoms with van der Waals surface area (Å²) in [7, 11) is 0. The summed E-state index contributed by atoms with van der Waals surface area (Å²) in [6.07, 6.45) is 9.64. The van der Waals surface area contributed by atoms with Crippen molar-refractivity contribution in [3.63, 3.8) is 0 Å². The lowest BCUT2D eigenvalue weighted by atomic mass is 9.85. The third-order valence-corrected chi connectivity index (χ3v) is 5.41. The van der Waals surface area contributed by atoms with E-state index in [0.717, 1.165) is 17.7 Å². The Morgan fingerprint density at radius 3 is 2.59 bits per heavy atom. The zero-order chi connectivity index (χ0) is 19.6. The fourth-order valence-corrected chi connectivity index (χ4v) is 3.92. The fourth-order valence-electron chi connectivity index (χ4n) is 3.92. The summed E-state index contributed by atoms with van der Waals surface area (Å²) in [5, 5.41) is 6.98. The van der Waals surface area contributed by atoms with Crippen LogP contribution in [0, 0.1) is 5.92 Å².